The SMILES string of the molecule is [2H]c1c([2H])c([2H])c2c(c1[2H])c1c(-c3ccccc3)c([2H])c([2H])c([2H])c1n2-c1ccc2c(c1)N(c1c(-c3ccccc3)cc(C(C)(C)C)cc1-c1cccc(-c3ccccc3)c1)c1cc(C(C)(C)C)cc3c1B2c1ccc(-n2c4c([2H])c([2H])c([2H])c([2H])c4c4c(-c5ccccc5)c([2H])c([2H])c([2H])c42)cc1N3c1c(-c2cccc(-c3ccccc3)c2)cccc1-c1cc2ccccc2c2ccccc12. The third-order valence-electron chi connectivity index (χ3n) is 25.1. The van der Waals surface area contributed by atoms with Crippen LogP contribution in [0.2, 0.25) is 0 Å². The van der Waals surface area contributed by atoms with Crippen LogP contribution in [0.5, 0.6) is 0 Å². The Morgan fingerprint density at radius 3 is 1.13 bits per heavy atom. The van der Waals surface area contributed by atoms with Gasteiger partial charge in [0.05, 0.1) is 52.6 Å². The van der Waals surface area contributed by atoms with Crippen molar-refractivity contribution in [3.63, 3.8) is 0 Å². The highest BCUT2D eigenvalue weighted by Gasteiger charge is 2.47. The third kappa shape index (κ3) is 12.0. The Morgan fingerprint density at radius 1 is 0.244 bits per heavy atom. The molecule has 19 aromatic carbocycles. The molecule has 23 rings (SSSR count). The minimum absolute atomic E-state index is 0.0456. The Morgan fingerprint density at radius 2 is 0.626 bits per heavy atom. The van der Waals surface area contributed by atoms with Gasteiger partial charge < -0.3 is 18.9 Å². The Hall–Kier alpha value is -15.0. The molecule has 0 fully saturated rings. The summed E-state index contributed by atoms with van der Waals surface area (Å²) in [7, 11) is 0. The number of rotatable bonds is 12. The molecule has 0 amide bonds. The van der Waals surface area contributed by atoms with E-state index in [2.05, 4.69) is 294 Å². The van der Waals surface area contributed by atoms with E-state index in [1.54, 1.807) is 9.13 Å². The summed E-state index contributed by atoms with van der Waals surface area (Å²) in [5.74, 6) is 0. The molecule has 2 aromatic heterocycles. The average Bonchev–Trinajstić information content (AvgIpc) is 1.68. The molecule has 0 atom stereocenters. The largest absolute Gasteiger partial charge is 0.310 e. The standard InChI is InChI=1S/C118H87BN4/c1-117(2,3)86-70-99(80-43-20-11-21-44-80)116(100(71-86)84-49-31-47-82(68-84)77-37-14-8-15-38-77)123-109-75-89(121-105-60-29-27-54-98(105)113-92(56-34-62-107(113)121)79-41-18-10-19-42-79)64-66-103(109)119-102-65-63-88(120-104-59-28-26-53-97(104)112-91(55-33-61-106(112)120)78-39-16-9-17-40-78)74-108(102)122(110-72-87(118(4,5)6)73-111(123)114(110)119)115-93(83-48-30-46-81(67-83)76-35-12-7-13-36-76)57-32-58-96(115)101-69-85-45-22-23-50-90(85)94-51-24-25-52-95(94)101/h7-75H,1-6H3/i26D,27D,28D,29D,33D,34D,53D,54D,55D,56D,59D,60D,61D,62D. The fraction of sp³-hybridized carbons (Fsp3) is 0.0678. The molecule has 2 aliphatic rings. The normalized spacial score (nSPS) is 14.2. The van der Waals surface area contributed by atoms with E-state index in [1.807, 2.05) is 91.0 Å². The number of anilines is 6. The zero-order valence-electron chi connectivity index (χ0n) is 82.6. The van der Waals surface area contributed by atoms with Crippen LogP contribution in [0.4, 0.5) is 34.1 Å². The maximum atomic E-state index is 10.4. The summed E-state index contributed by atoms with van der Waals surface area (Å²) in [6, 6.07) is 109. The highest BCUT2D eigenvalue weighted by atomic mass is 15.2. The van der Waals surface area contributed by atoms with E-state index in [0.29, 0.717) is 33.9 Å². The molecule has 0 bridgehead atoms. The van der Waals surface area contributed by atoms with Gasteiger partial charge in [0.15, 0.2) is 0 Å². The zero-order chi connectivity index (χ0) is 94.5. The van der Waals surface area contributed by atoms with E-state index in [4.69, 9.17) is 0 Å². The van der Waals surface area contributed by atoms with Crippen LogP contribution >= 0.6 is 0 Å². The lowest BCUT2D eigenvalue weighted by Gasteiger charge is -2.46. The van der Waals surface area contributed by atoms with Gasteiger partial charge in [-0.1, -0.05) is 369 Å². The Bertz CT molecular complexity index is 8730. The highest BCUT2D eigenvalue weighted by Crippen LogP contribution is 2.57. The summed E-state index contributed by atoms with van der Waals surface area (Å²) in [5, 5.41) is 4.74. The van der Waals surface area contributed by atoms with Crippen molar-refractivity contribution in [3.8, 4) is 100 Å². The maximum absolute atomic E-state index is 10.4. The van der Waals surface area contributed by atoms with Crippen LogP contribution < -0.4 is 26.2 Å². The van der Waals surface area contributed by atoms with Gasteiger partial charge in [0.1, 0.15) is 0 Å². The second-order valence-electron chi connectivity index (χ2n) is 34.4. The molecule has 0 unspecified atom stereocenters. The predicted octanol–water partition coefficient (Wildman–Crippen LogP) is 30.2. The van der Waals surface area contributed by atoms with E-state index in [1.165, 1.54) is 0 Å². The van der Waals surface area contributed by atoms with Gasteiger partial charge in [-0.2, -0.15) is 0 Å². The minimum atomic E-state index is -0.790. The molecule has 0 saturated heterocycles. The molecule has 0 N–H and O–H groups in total. The van der Waals surface area contributed by atoms with Crippen LogP contribution in [0.3, 0.4) is 0 Å². The lowest BCUT2D eigenvalue weighted by Crippen LogP contribution is -2.61. The molecule has 2 aliphatic heterocycles. The fourth-order valence-corrected chi connectivity index (χ4v) is 19.3. The van der Waals surface area contributed by atoms with Gasteiger partial charge >= 0.3 is 0 Å². The number of fused-ring (bicyclic) bond motifs is 13. The molecule has 0 spiro atoms. The number of hydrogen-bond acceptors (Lipinski definition) is 2. The van der Waals surface area contributed by atoms with Crippen molar-refractivity contribution < 1.29 is 19.2 Å². The smallest absolute Gasteiger partial charge is 0.252 e. The predicted molar refractivity (Wildman–Crippen MR) is 525 cm³/mol. The molecule has 4 nitrogen and oxygen atoms in total. The monoisotopic (exact) mass is 1580 g/mol. The number of hydrogen-bond donors (Lipinski definition) is 0. The molecule has 0 radical (unpaired) electrons. The van der Waals surface area contributed by atoms with Crippen molar-refractivity contribution in [1.82, 2.24) is 9.13 Å². The summed E-state index contributed by atoms with van der Waals surface area (Å²) < 4.78 is 143. The first-order chi connectivity index (χ1) is 66.1. The van der Waals surface area contributed by atoms with E-state index in [9.17, 15) is 19.2 Å². The quantitative estimate of drug-likeness (QED) is 0.0895. The van der Waals surface area contributed by atoms with Crippen molar-refractivity contribution in [3.05, 3.63) is 429 Å². The maximum Gasteiger partial charge on any atom is 0.252 e. The van der Waals surface area contributed by atoms with Crippen LogP contribution in [-0.4, -0.2) is 15.8 Å². The van der Waals surface area contributed by atoms with Crippen LogP contribution in [0, 0.1) is 0 Å². The van der Waals surface area contributed by atoms with Crippen LogP contribution in [0.15, 0.2) is 418 Å². The Balaban J connectivity index is 0.935. The van der Waals surface area contributed by atoms with Gasteiger partial charge in [-0.3, -0.25) is 0 Å². The van der Waals surface area contributed by atoms with Crippen LogP contribution in [0.1, 0.15) is 71.9 Å². The first-order valence-electron chi connectivity index (χ1n) is 49.0. The molecule has 5 heteroatoms. The van der Waals surface area contributed by atoms with Gasteiger partial charge in [-0.15, -0.1) is 0 Å². The third-order valence-corrected chi connectivity index (χ3v) is 25.1. The summed E-state index contributed by atoms with van der Waals surface area (Å²) >= 11 is 0. The van der Waals surface area contributed by atoms with E-state index in [-0.39, 0.29) is 103 Å². The topological polar surface area (TPSA) is 16.3 Å². The lowest BCUT2D eigenvalue weighted by molar-refractivity contribution is 0.590. The van der Waals surface area contributed by atoms with Gasteiger partial charge in [0.2, 0.25) is 0 Å². The molecular weight excluding hydrogens is 1480 g/mol. The van der Waals surface area contributed by atoms with E-state index >= 15 is 0 Å². The van der Waals surface area contributed by atoms with Crippen molar-refractivity contribution >= 4 is 122 Å². The van der Waals surface area contributed by atoms with Gasteiger partial charge in [0, 0.05) is 77.9 Å². The number of nitrogens with zero attached hydrogens (tertiary/aromatic N) is 4. The van der Waals surface area contributed by atoms with Crippen molar-refractivity contribution in [2.45, 2.75) is 52.4 Å². The number of benzene rings is 19. The summed E-state index contributed by atoms with van der Waals surface area (Å²) in [6.45, 7) is 12.6. The average molecular weight is 1590 g/mol. The first kappa shape index (κ1) is 59.6. The fourth-order valence-electron chi connectivity index (χ4n) is 19.3. The molecule has 0 saturated carbocycles. The lowest BCUT2D eigenvalue weighted by atomic mass is 9.33. The van der Waals surface area contributed by atoms with Crippen LogP contribution in [0.25, 0.3) is 166 Å². The number of aromatic nitrogens is 2. The molecule has 21 aromatic rings. The highest BCUT2D eigenvalue weighted by molar-refractivity contribution is 7.00. The minimum Gasteiger partial charge on any atom is -0.310 e. The van der Waals surface area contributed by atoms with Crippen molar-refractivity contribution in [2.24, 2.45) is 0 Å². The zero-order valence-corrected chi connectivity index (χ0v) is 68.6. The summed E-state index contributed by atoms with van der Waals surface area (Å²) in [5.41, 5.74) is 21.3. The van der Waals surface area contributed by atoms with E-state index < -0.39 is 53.8 Å². The van der Waals surface area contributed by atoms with Crippen molar-refractivity contribution in [2.75, 3.05) is 9.80 Å². The molecular formula is C118H87BN4. The molecule has 0 aliphatic carbocycles. The second-order valence-corrected chi connectivity index (χ2v) is 34.4. The van der Waals surface area contributed by atoms with Gasteiger partial charge in [0.25, 0.3) is 6.71 Å². The molecule has 4 heterocycles. The second kappa shape index (κ2) is 28.9. The van der Waals surface area contributed by atoms with Crippen molar-refractivity contribution in [1.29, 1.82) is 0 Å². The summed E-state index contributed by atoms with van der Waals surface area (Å²) in [4.78, 5) is 4.86. The van der Waals surface area contributed by atoms with E-state index in [0.717, 1.165) is 139 Å². The first-order valence-corrected chi connectivity index (χ1v) is 42.0. The Labute approximate surface area is 738 Å². The Kier molecular flexibility index (Phi) is 14.0. The summed E-state index contributed by atoms with van der Waals surface area (Å²) in [6.07, 6.45) is 0. The van der Waals surface area contributed by atoms with Gasteiger partial charge in [-0.25, -0.2) is 0 Å². The van der Waals surface area contributed by atoms with Gasteiger partial charge in [-0.05, 0) is 218 Å². The molecule has 582 valence electrons. The molecule has 123 heavy (non-hydrogen) atoms. The number of para-hydroxylation sites is 3. The van der Waals surface area contributed by atoms with Crippen LogP contribution in [-0.2, 0) is 10.8 Å².